The number of aliphatic hydroxyl groups excluding tert-OH is 5. The number of nitrogens with one attached hydrogen (secondary N) is 2. The summed E-state index contributed by atoms with van der Waals surface area (Å²) in [4.78, 5) is 15.8. The first kappa shape index (κ1) is 19.7. The summed E-state index contributed by atoms with van der Waals surface area (Å²) < 4.78 is 0. The molecule has 10 heteroatoms. The second-order valence-electron chi connectivity index (χ2n) is 5.47. The third kappa shape index (κ3) is 5.18. The summed E-state index contributed by atoms with van der Waals surface area (Å²) >= 11 is 0. The number of rotatable bonds is 7. The fraction of sp³-hybridized carbons (Fsp3) is 0.312. The van der Waals surface area contributed by atoms with E-state index in [1.165, 1.54) is 0 Å². The molecule has 0 unspecified atom stereocenters. The lowest BCUT2D eigenvalue weighted by molar-refractivity contribution is -0.115. The third-order valence-electron chi connectivity index (χ3n) is 3.48. The quantitative estimate of drug-likeness (QED) is 0.160. The van der Waals surface area contributed by atoms with Gasteiger partial charge < -0.3 is 25.5 Å². The van der Waals surface area contributed by atoms with Crippen molar-refractivity contribution in [1.82, 2.24) is 10.7 Å². The molecule has 1 aliphatic rings. The van der Waals surface area contributed by atoms with Gasteiger partial charge in [-0.15, -0.1) is 0 Å². The van der Waals surface area contributed by atoms with Crippen LogP contribution < -0.4 is 10.7 Å². The molecule has 0 spiro atoms. The smallest absolute Gasteiger partial charge is 0.276 e. The van der Waals surface area contributed by atoms with Gasteiger partial charge in [-0.05, 0) is 11.6 Å². The number of carbonyl (C=O) groups is 1. The molecule has 2 rings (SSSR count). The minimum atomic E-state index is -1.77. The lowest BCUT2D eigenvalue weighted by atomic mass is 10.0. The molecule has 1 amide bonds. The zero-order valence-corrected chi connectivity index (χ0v) is 13.6. The van der Waals surface area contributed by atoms with Crippen LogP contribution in [0.2, 0.25) is 0 Å². The molecular formula is C16H20N4O6. The van der Waals surface area contributed by atoms with Crippen molar-refractivity contribution in [2.24, 2.45) is 10.1 Å². The van der Waals surface area contributed by atoms with Gasteiger partial charge in [0.25, 0.3) is 5.91 Å². The van der Waals surface area contributed by atoms with Gasteiger partial charge >= 0.3 is 0 Å². The number of aliphatic hydroxyl groups is 5. The van der Waals surface area contributed by atoms with Gasteiger partial charge in [0.05, 0.1) is 12.8 Å². The standard InChI is InChI=1S/C16H20N4O6/c21-8-12(23)14(25)13(24)11(22)7-17-20-16-18-10(15(26)19-16)6-9-4-2-1-3-5-9/h1-7,11-14,21-25H,8H2,(H2,18,19,20,26)/b10-6-,17-7-/t11-,12+,13-,14+/m0/s1. The number of hydrogen-bond acceptors (Lipinski definition) is 9. The first-order chi connectivity index (χ1) is 12.4. The molecule has 1 aliphatic heterocycles. The van der Waals surface area contributed by atoms with Crippen LogP contribution in [0.25, 0.3) is 6.08 Å². The van der Waals surface area contributed by atoms with E-state index in [2.05, 4.69) is 20.8 Å². The highest BCUT2D eigenvalue weighted by Gasteiger charge is 2.29. The summed E-state index contributed by atoms with van der Waals surface area (Å²) in [6, 6.07) is 9.10. The first-order valence-corrected chi connectivity index (χ1v) is 7.71. The lowest BCUT2D eigenvalue weighted by Gasteiger charge is -2.23. The van der Waals surface area contributed by atoms with Crippen LogP contribution in [-0.4, -0.2) is 74.6 Å². The van der Waals surface area contributed by atoms with E-state index in [1.54, 1.807) is 6.08 Å². The van der Waals surface area contributed by atoms with Crippen molar-refractivity contribution in [2.75, 3.05) is 6.61 Å². The predicted octanol–water partition coefficient (Wildman–Crippen LogP) is -2.48. The van der Waals surface area contributed by atoms with E-state index < -0.39 is 36.9 Å². The van der Waals surface area contributed by atoms with E-state index in [0.29, 0.717) is 0 Å². The fourth-order valence-corrected chi connectivity index (χ4v) is 2.03. The molecule has 1 heterocycles. The number of hydrazone groups is 1. The molecule has 140 valence electrons. The van der Waals surface area contributed by atoms with Crippen molar-refractivity contribution in [2.45, 2.75) is 24.4 Å². The maximum Gasteiger partial charge on any atom is 0.276 e. The van der Waals surface area contributed by atoms with Crippen molar-refractivity contribution >= 4 is 24.2 Å². The predicted molar refractivity (Wildman–Crippen MR) is 92.7 cm³/mol. The molecule has 10 nitrogen and oxygen atoms in total. The van der Waals surface area contributed by atoms with E-state index in [0.717, 1.165) is 11.8 Å². The Morgan fingerprint density at radius 3 is 2.50 bits per heavy atom. The maximum atomic E-state index is 11.8. The van der Waals surface area contributed by atoms with E-state index in [1.807, 2.05) is 30.3 Å². The van der Waals surface area contributed by atoms with Crippen molar-refractivity contribution in [1.29, 1.82) is 0 Å². The third-order valence-corrected chi connectivity index (χ3v) is 3.48. The lowest BCUT2D eigenvalue weighted by Crippen LogP contribution is -2.46. The largest absolute Gasteiger partial charge is 0.394 e. The van der Waals surface area contributed by atoms with E-state index >= 15 is 0 Å². The molecule has 0 bridgehead atoms. The summed E-state index contributed by atoms with van der Waals surface area (Å²) in [5.74, 6) is -0.417. The van der Waals surface area contributed by atoms with Crippen LogP contribution in [-0.2, 0) is 4.79 Å². The highest BCUT2D eigenvalue weighted by atomic mass is 16.4. The molecule has 7 N–H and O–H groups in total. The SMILES string of the molecule is O=C1NC(N/N=C\[C@H](O)[C@H](O)[C@H](O)[C@H](O)CO)=N/C1=C\c1ccccc1. The minimum Gasteiger partial charge on any atom is -0.394 e. The molecule has 26 heavy (non-hydrogen) atoms. The van der Waals surface area contributed by atoms with Crippen LogP contribution in [0, 0.1) is 0 Å². The topological polar surface area (TPSA) is 167 Å². The average molecular weight is 364 g/mol. The van der Waals surface area contributed by atoms with E-state index in [-0.39, 0.29) is 11.7 Å². The number of amides is 1. The van der Waals surface area contributed by atoms with Gasteiger partial charge in [0.15, 0.2) is 0 Å². The van der Waals surface area contributed by atoms with E-state index in [9.17, 15) is 25.2 Å². The summed E-state index contributed by atoms with van der Waals surface area (Å²) in [5.41, 5.74) is 3.33. The Hall–Kier alpha value is -2.63. The number of hydrogen-bond donors (Lipinski definition) is 7. The first-order valence-electron chi connectivity index (χ1n) is 7.71. The summed E-state index contributed by atoms with van der Waals surface area (Å²) in [6.07, 6.45) is -4.33. The van der Waals surface area contributed by atoms with Crippen LogP contribution in [0.3, 0.4) is 0 Å². The van der Waals surface area contributed by atoms with Gasteiger partial charge in [0.2, 0.25) is 5.96 Å². The number of benzene rings is 1. The normalized spacial score (nSPS) is 20.6. The van der Waals surface area contributed by atoms with Crippen molar-refractivity contribution < 1.29 is 30.3 Å². The number of aliphatic imine (C=N–C) groups is 1. The zero-order valence-electron chi connectivity index (χ0n) is 13.6. The molecule has 0 aliphatic carbocycles. The Bertz CT molecular complexity index is 706. The Morgan fingerprint density at radius 1 is 1.15 bits per heavy atom. The molecule has 1 aromatic rings. The van der Waals surface area contributed by atoms with Crippen LogP contribution >= 0.6 is 0 Å². The van der Waals surface area contributed by atoms with Gasteiger partial charge in [-0.2, -0.15) is 5.10 Å². The fourth-order valence-electron chi connectivity index (χ4n) is 2.03. The summed E-state index contributed by atoms with van der Waals surface area (Å²) in [6.45, 7) is -0.778. The summed E-state index contributed by atoms with van der Waals surface area (Å²) in [5, 5.41) is 52.7. The zero-order chi connectivity index (χ0) is 19.1. The number of carbonyl (C=O) groups excluding carboxylic acids is 1. The van der Waals surface area contributed by atoms with Crippen LogP contribution in [0.1, 0.15) is 5.56 Å². The Labute approximate surface area is 148 Å². The van der Waals surface area contributed by atoms with Crippen molar-refractivity contribution in [3.63, 3.8) is 0 Å². The molecule has 0 aromatic heterocycles. The highest BCUT2D eigenvalue weighted by molar-refractivity contribution is 6.13. The van der Waals surface area contributed by atoms with Gasteiger partial charge in [-0.25, -0.2) is 10.4 Å². The molecule has 0 radical (unpaired) electrons. The second-order valence-corrected chi connectivity index (χ2v) is 5.47. The maximum absolute atomic E-state index is 11.8. The number of guanidine groups is 1. The number of nitrogens with zero attached hydrogens (tertiary/aromatic N) is 2. The summed E-state index contributed by atoms with van der Waals surface area (Å²) in [7, 11) is 0. The Balaban J connectivity index is 1.95. The van der Waals surface area contributed by atoms with E-state index in [4.69, 9.17) is 5.11 Å². The minimum absolute atomic E-state index is 0.0195. The molecule has 0 saturated carbocycles. The second kappa shape index (κ2) is 9.17. The van der Waals surface area contributed by atoms with Crippen LogP contribution in [0.4, 0.5) is 0 Å². The Morgan fingerprint density at radius 2 is 1.85 bits per heavy atom. The van der Waals surface area contributed by atoms with Gasteiger partial charge in [-0.1, -0.05) is 30.3 Å². The molecule has 4 atom stereocenters. The molecule has 1 aromatic carbocycles. The van der Waals surface area contributed by atoms with Crippen molar-refractivity contribution in [3.05, 3.63) is 41.6 Å². The molecular weight excluding hydrogens is 344 g/mol. The van der Waals surface area contributed by atoms with Crippen LogP contribution in [0.15, 0.2) is 46.1 Å². The van der Waals surface area contributed by atoms with Gasteiger partial charge in [0, 0.05) is 0 Å². The molecule has 0 fully saturated rings. The van der Waals surface area contributed by atoms with Crippen LogP contribution in [0.5, 0.6) is 0 Å². The molecule has 0 saturated heterocycles. The van der Waals surface area contributed by atoms with Crippen molar-refractivity contribution in [3.8, 4) is 0 Å². The monoisotopic (exact) mass is 364 g/mol. The average Bonchev–Trinajstić information content (AvgIpc) is 2.99. The van der Waals surface area contributed by atoms with Gasteiger partial charge in [0.1, 0.15) is 30.1 Å². The highest BCUT2D eigenvalue weighted by Crippen LogP contribution is 2.11. The van der Waals surface area contributed by atoms with Gasteiger partial charge in [-0.3, -0.25) is 10.1 Å². The Kier molecular flexibility index (Phi) is 6.95.